The molecule has 0 saturated carbocycles. The first-order valence-electron chi connectivity index (χ1n) is 42.9. The van der Waals surface area contributed by atoms with Gasteiger partial charge in [-0.3, -0.25) is 121 Å². The average Bonchev–Trinajstić information content (AvgIpc) is 0.787. The number of nitrogens with one attached hydrogen (secondary N) is 14. The number of Topliss-reactive ketones (excluding diaryl/α,β-unsaturated/α-hetero) is 1. The lowest BCUT2D eigenvalue weighted by Gasteiger charge is -2.41. The van der Waals surface area contributed by atoms with Crippen LogP contribution in [-0.4, -0.2) is 286 Å². The fraction of sp³-hybridized carbons (Fsp3) is 0.654. The third kappa shape index (κ3) is 50.5. The van der Waals surface area contributed by atoms with Gasteiger partial charge in [-0.15, -0.1) is 0 Å². The van der Waals surface area contributed by atoms with Crippen molar-refractivity contribution in [3.8, 4) is 0 Å². The number of ketones is 1. The summed E-state index contributed by atoms with van der Waals surface area (Å²) in [7, 11) is 0. The number of ether oxygens (including phenoxy) is 2. The number of rotatable bonds is 74. The summed E-state index contributed by atoms with van der Waals surface area (Å²) in [5, 5.41) is 68.8. The SMILES string of the molecule is CC(=O)N[C@H]1[C@H]([C@H](OCCCCCCCCCCNC(=O)CCC(N)C(=O)N[C@@H](CCC(N)=O)C(=O)N[C@@H](CCC(N)=O)C(=O)N[C@@H](CCC(N)=O)C(=O)CN[C@@H](CCC(N)=O)C(=O)N[C@@H](CCC(N)=O)C(=O)N[C@@H](CCC(N)=O)C(=O)N[C@@H](CCC(N)=O)C(=O)N[C@@H](CCC(N)=O)C(=O)N[C@@H](CCC(N)=O)C(=O)N[C@@H](CCC(N)=O)C(N)=O)[C@H](O)CO)OC(C(=O)O)=C[C@@H]1NC(=N)N. The quantitative estimate of drug-likeness (QED) is 0.0153. The van der Waals surface area contributed by atoms with Crippen LogP contribution in [0.2, 0.25) is 0 Å². The summed E-state index contributed by atoms with van der Waals surface area (Å²) in [6.45, 7) is -0.303. The zero-order chi connectivity index (χ0) is 102. The second-order valence-electron chi connectivity index (χ2n) is 31.5. The molecule has 1 rings (SSSR count). The minimum absolute atomic E-state index is 0.0475. The molecule has 0 bridgehead atoms. The normalized spacial score (nSPS) is 16.1. The van der Waals surface area contributed by atoms with Crippen molar-refractivity contribution in [1.29, 1.82) is 5.41 Å². The van der Waals surface area contributed by atoms with Gasteiger partial charge < -0.3 is 163 Å². The molecule has 0 aromatic heterocycles. The number of aliphatic hydroxyl groups is 2. The van der Waals surface area contributed by atoms with E-state index in [1.54, 1.807) is 0 Å². The maximum atomic E-state index is 14.4. The summed E-state index contributed by atoms with van der Waals surface area (Å²) in [6, 6.07) is -21.9. The van der Waals surface area contributed by atoms with E-state index in [0.717, 1.165) is 31.8 Å². The van der Waals surface area contributed by atoms with E-state index in [1.807, 2.05) is 0 Å². The molecule has 22 amide bonds. The molecule has 16 atom stereocenters. The Labute approximate surface area is 768 Å². The number of carbonyl (C=O) groups excluding carboxylic acids is 23. The maximum Gasteiger partial charge on any atom is 0.370 e. The minimum atomic E-state index is -1.98. The van der Waals surface area contributed by atoms with Crippen LogP contribution >= 0.6 is 0 Å². The molecule has 1 aliphatic rings. The van der Waals surface area contributed by atoms with Crippen molar-refractivity contribution < 1.29 is 140 Å². The average molecular weight is 1910 g/mol. The van der Waals surface area contributed by atoms with Crippen molar-refractivity contribution in [3.05, 3.63) is 11.8 Å². The Balaban J connectivity index is 3.39. The summed E-state index contributed by atoms with van der Waals surface area (Å²) >= 11 is 0. The van der Waals surface area contributed by atoms with Crippen LogP contribution in [0.5, 0.6) is 0 Å². The molecule has 134 heavy (non-hydrogen) atoms. The molecule has 0 radical (unpaired) electrons. The Bertz CT molecular complexity index is 4160. The molecule has 0 aromatic carbocycles. The first-order chi connectivity index (χ1) is 62.8. The summed E-state index contributed by atoms with van der Waals surface area (Å²) in [6.07, 6.45) is -10.5. The first kappa shape index (κ1) is 118. The van der Waals surface area contributed by atoms with Crippen LogP contribution in [0.25, 0.3) is 0 Å². The van der Waals surface area contributed by atoms with Gasteiger partial charge in [-0.1, -0.05) is 38.5 Å². The van der Waals surface area contributed by atoms with Crippen LogP contribution in [0, 0.1) is 5.41 Å². The van der Waals surface area contributed by atoms with Crippen LogP contribution in [0.1, 0.15) is 200 Å². The van der Waals surface area contributed by atoms with Crippen LogP contribution in [0.15, 0.2) is 11.8 Å². The molecule has 0 aliphatic carbocycles. The van der Waals surface area contributed by atoms with E-state index >= 15 is 0 Å². The molecular weight excluding hydrogens is 1780 g/mol. The molecule has 0 spiro atoms. The van der Waals surface area contributed by atoms with Crippen LogP contribution in [0.4, 0.5) is 0 Å². The van der Waals surface area contributed by atoms with Crippen LogP contribution in [-0.2, 0) is 125 Å². The van der Waals surface area contributed by atoms with Crippen molar-refractivity contribution in [3.63, 3.8) is 0 Å². The number of carboxylic acids is 1. The second kappa shape index (κ2) is 63.2. The van der Waals surface area contributed by atoms with E-state index in [-0.39, 0.29) is 26.0 Å². The standard InChI is InChI=1S/C78H131N27O29/c1-37(107)95-64-49(105-78(91)92)34-52(77(131)132)134-66(64)65(51(109)36-106)133-33-9-7-5-3-2-4-6-8-32-93-63(120)31-10-38(79)68(122)98-42(14-24-56(83)113)72(126)100-43(15-25-57(84)114)70(124)96-39(11-21-53(80)110)50(108)35-94-41(13-23-55(82)112)69(123)99-45(17-27-59(86)116)73(127)102-47(19-29-61(88)118)75(129)104-48(20-30-62(89)119)76(130)103-46(18-28-60(87)117)74(128)101-44(16-26-58(85)115)71(125)97-40(67(90)121)12-22-54(81)111/h34,38-49,51,64-66,94,106,109H,2-33,35-36,79H2,1H3,(H2,80,110)(H2,81,111)(H2,82,112)(H2,83,113)(H2,84,114)(H2,85,115)(H2,86,116)(H2,87,117)(H2,88,118)(H2,89,119)(H2,90,121)(H,93,120)(H,95,107)(H,96,124)(H,97,125)(H,98,122)(H,99,123)(H,100,126)(H,101,128)(H,102,127)(H,103,130)(H,104,129)(H,131,132)(H4,91,92,105)/t38?,39-,40-,41-,42-,43-,44-,45-,46-,47-,48-,49-,51+,64+,65+,66+/m0/s1. The molecule has 1 unspecified atom stereocenters. The van der Waals surface area contributed by atoms with Gasteiger partial charge >= 0.3 is 5.97 Å². The number of guanidine groups is 1. The van der Waals surface area contributed by atoms with Crippen LogP contribution < -0.4 is 144 Å². The van der Waals surface area contributed by atoms with E-state index < -0.39 is 392 Å². The van der Waals surface area contributed by atoms with Crippen LogP contribution in [0.3, 0.4) is 0 Å². The Morgan fingerprint density at radius 3 is 0.993 bits per heavy atom. The number of primary amides is 11. The van der Waals surface area contributed by atoms with Gasteiger partial charge in [0.05, 0.1) is 43.4 Å². The van der Waals surface area contributed by atoms with Gasteiger partial charge in [0.2, 0.25) is 136 Å². The van der Waals surface area contributed by atoms with Gasteiger partial charge in [0.1, 0.15) is 60.5 Å². The lowest BCUT2D eigenvalue weighted by molar-refractivity contribution is -0.154. The van der Waals surface area contributed by atoms with Gasteiger partial charge in [0, 0.05) is 90.7 Å². The van der Waals surface area contributed by atoms with Crippen molar-refractivity contribution in [2.75, 3.05) is 26.3 Å². The van der Waals surface area contributed by atoms with Crippen molar-refractivity contribution in [2.24, 2.45) is 74.5 Å². The topological polar surface area (TPSA) is 1010 Å². The highest BCUT2D eigenvalue weighted by Gasteiger charge is 2.46. The number of carbonyl (C=O) groups is 24. The maximum absolute atomic E-state index is 14.4. The van der Waals surface area contributed by atoms with Crippen molar-refractivity contribution in [2.45, 2.75) is 296 Å². The molecule has 43 N–H and O–H groups in total. The first-order valence-corrected chi connectivity index (χ1v) is 42.9. The van der Waals surface area contributed by atoms with E-state index in [4.69, 9.17) is 89.4 Å². The predicted octanol–water partition coefficient (Wildman–Crippen LogP) is -14.2. The number of aliphatic hydroxyl groups excluding tert-OH is 2. The summed E-state index contributed by atoms with van der Waals surface area (Å²) in [5.74, 6) is -27.3. The Morgan fingerprint density at radius 1 is 0.388 bits per heavy atom. The fourth-order valence-corrected chi connectivity index (χ4v) is 13.1. The van der Waals surface area contributed by atoms with Gasteiger partial charge in [-0.05, 0) is 89.5 Å². The Kier molecular flexibility index (Phi) is 55.7. The second-order valence-corrected chi connectivity index (χ2v) is 31.5. The molecule has 56 heteroatoms. The monoisotopic (exact) mass is 1910 g/mol. The number of unbranched alkanes of at least 4 members (excludes halogenated alkanes) is 7. The van der Waals surface area contributed by atoms with Gasteiger partial charge in [-0.2, -0.15) is 0 Å². The molecule has 1 heterocycles. The minimum Gasteiger partial charge on any atom is -0.478 e. The van der Waals surface area contributed by atoms with E-state index in [1.165, 1.54) is 6.92 Å². The number of amides is 22. The molecule has 0 saturated heterocycles. The van der Waals surface area contributed by atoms with E-state index in [2.05, 4.69) is 69.1 Å². The van der Waals surface area contributed by atoms with Crippen molar-refractivity contribution in [1.82, 2.24) is 69.1 Å². The number of hydrogen-bond donors (Lipinski definition) is 30. The van der Waals surface area contributed by atoms with Gasteiger partial charge in [0.25, 0.3) is 0 Å². The smallest absolute Gasteiger partial charge is 0.370 e. The predicted molar refractivity (Wildman–Crippen MR) is 465 cm³/mol. The zero-order valence-electron chi connectivity index (χ0n) is 74.3. The molecular formula is C78H131N27O29. The number of nitrogens with two attached hydrogens (primary N) is 13. The zero-order valence-corrected chi connectivity index (χ0v) is 74.3. The summed E-state index contributed by atoms with van der Waals surface area (Å²) < 4.78 is 11.6. The lowest BCUT2D eigenvalue weighted by Crippen LogP contribution is -2.64. The lowest BCUT2D eigenvalue weighted by atomic mass is 9.91. The van der Waals surface area contributed by atoms with E-state index in [0.29, 0.717) is 25.7 Å². The van der Waals surface area contributed by atoms with E-state index in [9.17, 15) is 130 Å². The molecule has 0 aromatic rings. The third-order valence-corrected chi connectivity index (χ3v) is 20.3. The number of aliphatic carboxylic acids is 1. The summed E-state index contributed by atoms with van der Waals surface area (Å²) in [5.41, 5.74) is 70.7. The molecule has 56 nitrogen and oxygen atoms in total. The fourth-order valence-electron chi connectivity index (χ4n) is 13.1. The number of hydrogen-bond acceptors (Lipinski definition) is 31. The highest BCUT2D eigenvalue weighted by atomic mass is 16.6. The summed E-state index contributed by atoms with van der Waals surface area (Å²) in [4.78, 5) is 311. The Morgan fingerprint density at radius 2 is 0.679 bits per heavy atom. The largest absolute Gasteiger partial charge is 0.478 e. The highest BCUT2D eigenvalue weighted by molar-refractivity contribution is 6.00. The van der Waals surface area contributed by atoms with Gasteiger partial charge in [0.15, 0.2) is 17.8 Å². The highest BCUT2D eigenvalue weighted by Crippen LogP contribution is 2.26. The number of carboxylic acid groups (broad SMARTS) is 1. The van der Waals surface area contributed by atoms with Crippen molar-refractivity contribution >= 4 is 148 Å². The molecule has 0 fully saturated rings. The third-order valence-electron chi connectivity index (χ3n) is 20.3. The van der Waals surface area contributed by atoms with Gasteiger partial charge in [-0.25, -0.2) is 4.79 Å². The molecule has 1 aliphatic heterocycles. The molecule has 752 valence electrons. The Hall–Kier alpha value is -13.9.